The van der Waals surface area contributed by atoms with Crippen LogP contribution in [0.4, 0.5) is 5.69 Å². The summed E-state index contributed by atoms with van der Waals surface area (Å²) in [4.78, 5) is 93.9. The molecule has 1 heterocycles. The van der Waals surface area contributed by atoms with Gasteiger partial charge in [-0.1, -0.05) is 45.9 Å². The molecule has 0 radical (unpaired) electrons. The minimum atomic E-state index is -1.54. The van der Waals surface area contributed by atoms with Crippen LogP contribution in [0.5, 0.6) is 17.2 Å². The number of rotatable bonds is 19. The Hall–Kier alpha value is -6.71. The number of anilines is 1. The Kier molecular flexibility index (Phi) is 14.2. The zero-order valence-corrected chi connectivity index (χ0v) is 31.7. The molecule has 3 amide bonds. The van der Waals surface area contributed by atoms with Crippen LogP contribution in [-0.4, -0.2) is 83.8 Å². The lowest BCUT2D eigenvalue weighted by Gasteiger charge is -2.26. The molecule has 0 unspecified atom stereocenters. The number of hydrogen-bond acceptors (Lipinski definition) is 10. The number of para-hydroxylation sites is 1. The van der Waals surface area contributed by atoms with Crippen molar-refractivity contribution in [2.45, 2.75) is 65.5 Å². The lowest BCUT2D eigenvalue weighted by atomic mass is 9.85. The van der Waals surface area contributed by atoms with Crippen molar-refractivity contribution in [3.05, 3.63) is 83.6 Å². The smallest absolute Gasteiger partial charge is 0.307 e. The number of benzene rings is 3. The van der Waals surface area contributed by atoms with Gasteiger partial charge in [-0.25, -0.2) is 0 Å². The van der Waals surface area contributed by atoms with Gasteiger partial charge in [-0.2, -0.15) is 0 Å². The highest BCUT2D eigenvalue weighted by molar-refractivity contribution is 6.05. The summed E-state index contributed by atoms with van der Waals surface area (Å²) in [5, 5.41) is 56.7. The molecule has 0 bridgehead atoms. The second-order valence-electron chi connectivity index (χ2n) is 14.5. The van der Waals surface area contributed by atoms with Gasteiger partial charge in [0.25, 0.3) is 11.8 Å². The third kappa shape index (κ3) is 11.2. The van der Waals surface area contributed by atoms with Gasteiger partial charge < -0.3 is 46.5 Å². The van der Waals surface area contributed by atoms with Gasteiger partial charge >= 0.3 is 11.9 Å². The molecular formula is C41H46N4O12. The maximum absolute atomic E-state index is 14.1. The number of hydrogen-bond donors (Lipinski definition) is 9. The molecule has 4 atom stereocenters. The fourth-order valence-electron chi connectivity index (χ4n) is 6.31. The normalized spacial score (nSPS) is 13.4. The summed E-state index contributed by atoms with van der Waals surface area (Å²) in [5.41, 5.74) is 1.68. The van der Waals surface area contributed by atoms with Crippen molar-refractivity contribution in [1.82, 2.24) is 15.6 Å². The lowest BCUT2D eigenvalue weighted by Crippen LogP contribution is -2.48. The molecule has 57 heavy (non-hydrogen) atoms. The van der Waals surface area contributed by atoms with E-state index < -0.39 is 113 Å². The highest BCUT2D eigenvalue weighted by Gasteiger charge is 2.35. The van der Waals surface area contributed by atoms with E-state index in [4.69, 9.17) is 0 Å². The number of ketones is 2. The fourth-order valence-corrected chi connectivity index (χ4v) is 6.31. The maximum Gasteiger partial charge on any atom is 0.307 e. The van der Waals surface area contributed by atoms with Crippen LogP contribution in [0.2, 0.25) is 0 Å². The van der Waals surface area contributed by atoms with Gasteiger partial charge in [-0.15, -0.1) is 0 Å². The molecule has 0 aliphatic rings. The molecule has 1 aromatic heterocycles. The Labute approximate surface area is 327 Å². The van der Waals surface area contributed by atoms with Crippen LogP contribution < -0.4 is 16.0 Å². The van der Waals surface area contributed by atoms with Crippen LogP contribution in [-0.2, 0) is 30.4 Å². The summed E-state index contributed by atoms with van der Waals surface area (Å²) in [6, 6.07) is 12.2. The van der Waals surface area contributed by atoms with Crippen molar-refractivity contribution in [2.75, 3.05) is 5.32 Å². The van der Waals surface area contributed by atoms with E-state index in [1.54, 1.807) is 33.9 Å². The van der Waals surface area contributed by atoms with E-state index >= 15 is 0 Å². The van der Waals surface area contributed by atoms with E-state index in [9.17, 15) is 59.1 Å². The van der Waals surface area contributed by atoms with E-state index in [1.807, 2.05) is 24.3 Å². The zero-order valence-electron chi connectivity index (χ0n) is 31.7. The summed E-state index contributed by atoms with van der Waals surface area (Å²) in [5.74, 6) is -11.4. The summed E-state index contributed by atoms with van der Waals surface area (Å²) in [7, 11) is 0. The number of fused-ring (bicyclic) bond motifs is 1. The van der Waals surface area contributed by atoms with Gasteiger partial charge in [0, 0.05) is 59.1 Å². The number of aromatic hydroxyl groups is 3. The molecule has 3 aromatic carbocycles. The number of aromatic amines is 1. The molecule has 0 aliphatic heterocycles. The average molecular weight is 787 g/mol. The van der Waals surface area contributed by atoms with Gasteiger partial charge in [-0.3, -0.25) is 33.6 Å². The minimum Gasteiger partial charge on any atom is -0.504 e. The molecule has 302 valence electrons. The van der Waals surface area contributed by atoms with Crippen molar-refractivity contribution in [3.63, 3.8) is 0 Å². The first kappa shape index (κ1) is 43.0. The minimum absolute atomic E-state index is 0.0212. The second-order valence-corrected chi connectivity index (χ2v) is 14.5. The second kappa shape index (κ2) is 18.8. The van der Waals surface area contributed by atoms with E-state index in [2.05, 4.69) is 20.9 Å². The molecule has 0 aliphatic carbocycles. The van der Waals surface area contributed by atoms with Crippen LogP contribution in [0.1, 0.15) is 73.2 Å². The first-order valence-corrected chi connectivity index (χ1v) is 18.2. The number of H-pyrrole nitrogens is 1. The molecule has 0 fully saturated rings. The highest BCUT2D eigenvalue weighted by Crippen LogP contribution is 2.35. The SMILES string of the molecule is CC(C)[C@@H](CC(=O)[C@H](CC(=O)O)NC(=O)[C@H](CC(=O)[C@H](Cc1c[nH]c2ccccc12)NC(=O)c1ccc(NC(=O)c2cc(O)c(O)c(O)c2)cc1)C(C)C)C(=O)O. The number of nitrogens with one attached hydrogen (secondary N) is 4. The number of carbonyl (C=O) groups is 7. The van der Waals surface area contributed by atoms with Gasteiger partial charge in [-0.05, 0) is 59.9 Å². The molecule has 4 rings (SSSR count). The zero-order chi connectivity index (χ0) is 42.1. The number of carboxylic acid groups (broad SMARTS) is 2. The third-order valence-corrected chi connectivity index (χ3v) is 9.72. The van der Waals surface area contributed by atoms with E-state index in [-0.39, 0.29) is 23.2 Å². The topological polar surface area (TPSA) is 273 Å². The number of aliphatic carboxylic acids is 2. The molecule has 0 saturated heterocycles. The third-order valence-electron chi connectivity index (χ3n) is 9.72. The molecule has 4 aromatic rings. The molecule has 16 heteroatoms. The fraction of sp³-hybridized carbons (Fsp3) is 0.341. The van der Waals surface area contributed by atoms with Crippen LogP contribution in [0.25, 0.3) is 10.9 Å². The standard InChI is InChI=1S/C41H46N4O12/c1-20(2)27(40(55)45-31(18-36(50)51)33(47)17-28(21(3)4)41(56)57)16-32(46)30(13-24-19-42-29-8-6-5-7-26(24)29)44-38(53)22-9-11-25(12-10-22)43-39(54)23-14-34(48)37(52)35(49)15-23/h5-12,14-15,19-21,27-28,30-31,42,48-49,52H,13,16-18H2,1-4H3,(H,43,54)(H,44,53)(H,45,55)(H,50,51)(H,56,57)/t27-,28-,30+,31+/m1/s1. The van der Waals surface area contributed by atoms with Crippen molar-refractivity contribution in [1.29, 1.82) is 0 Å². The van der Waals surface area contributed by atoms with Crippen LogP contribution in [0.3, 0.4) is 0 Å². The quantitative estimate of drug-likeness (QED) is 0.0599. The Morgan fingerprint density at radius 2 is 1.25 bits per heavy atom. The molecule has 0 spiro atoms. The van der Waals surface area contributed by atoms with Gasteiger partial charge in [0.1, 0.15) is 0 Å². The summed E-state index contributed by atoms with van der Waals surface area (Å²) < 4.78 is 0. The largest absolute Gasteiger partial charge is 0.504 e. The number of phenols is 3. The number of Topliss-reactive ketones (excluding diaryl/α,β-unsaturated/α-hetero) is 2. The first-order chi connectivity index (χ1) is 26.9. The van der Waals surface area contributed by atoms with Crippen LogP contribution in [0.15, 0.2) is 66.9 Å². The Morgan fingerprint density at radius 1 is 0.667 bits per heavy atom. The summed E-state index contributed by atoms with van der Waals surface area (Å²) >= 11 is 0. The molecule has 16 nitrogen and oxygen atoms in total. The van der Waals surface area contributed by atoms with Gasteiger partial charge in [0.2, 0.25) is 5.91 Å². The number of amides is 3. The predicted molar refractivity (Wildman–Crippen MR) is 207 cm³/mol. The van der Waals surface area contributed by atoms with Crippen LogP contribution >= 0.6 is 0 Å². The number of phenolic OH excluding ortho intramolecular Hbond substituents is 3. The molecule has 9 N–H and O–H groups in total. The van der Waals surface area contributed by atoms with Crippen molar-refractivity contribution >= 4 is 57.8 Å². The highest BCUT2D eigenvalue weighted by atomic mass is 16.4. The van der Waals surface area contributed by atoms with Crippen molar-refractivity contribution in [2.24, 2.45) is 23.7 Å². The summed E-state index contributed by atoms with van der Waals surface area (Å²) in [6.45, 7) is 6.57. The number of aromatic nitrogens is 1. The number of carbonyl (C=O) groups excluding carboxylic acids is 5. The van der Waals surface area contributed by atoms with E-state index in [1.165, 1.54) is 24.3 Å². The van der Waals surface area contributed by atoms with Crippen molar-refractivity contribution < 1.29 is 59.1 Å². The summed E-state index contributed by atoms with van der Waals surface area (Å²) in [6.07, 6.45) is 0.0310. The Morgan fingerprint density at radius 3 is 1.82 bits per heavy atom. The molecule has 0 saturated carbocycles. The predicted octanol–water partition coefficient (Wildman–Crippen LogP) is 4.39. The van der Waals surface area contributed by atoms with Crippen LogP contribution in [0, 0.1) is 23.7 Å². The monoisotopic (exact) mass is 786 g/mol. The molecular weight excluding hydrogens is 740 g/mol. The lowest BCUT2D eigenvalue weighted by molar-refractivity contribution is -0.146. The first-order valence-electron chi connectivity index (χ1n) is 18.2. The van der Waals surface area contributed by atoms with Gasteiger partial charge in [0.15, 0.2) is 28.8 Å². The maximum atomic E-state index is 14.1. The Balaban J connectivity index is 1.55. The average Bonchev–Trinajstić information content (AvgIpc) is 3.56. The van der Waals surface area contributed by atoms with Gasteiger partial charge in [0.05, 0.1) is 24.4 Å². The Bertz CT molecular complexity index is 2130. The van der Waals surface area contributed by atoms with E-state index in [0.29, 0.717) is 5.56 Å². The van der Waals surface area contributed by atoms with Crippen molar-refractivity contribution in [3.8, 4) is 17.2 Å². The van der Waals surface area contributed by atoms with E-state index in [0.717, 1.165) is 23.0 Å². The number of carboxylic acids is 2.